The largest absolute Gasteiger partial charge is 0.339 e. The number of carbonyl (C=O) groups excluding carboxylic acids is 1. The number of hydrogen-bond acceptors (Lipinski definition) is 4. The highest BCUT2D eigenvalue weighted by molar-refractivity contribution is 7.91. The van der Waals surface area contributed by atoms with E-state index in [9.17, 15) is 13.2 Å². The molecule has 1 aliphatic heterocycles. The summed E-state index contributed by atoms with van der Waals surface area (Å²) < 4.78 is 22.0. The van der Waals surface area contributed by atoms with Crippen LogP contribution in [0.2, 0.25) is 0 Å². The van der Waals surface area contributed by atoms with Crippen LogP contribution in [0.15, 0.2) is 0 Å². The Morgan fingerprint density at radius 2 is 1.80 bits per heavy atom. The zero-order chi connectivity index (χ0) is 11.6. The van der Waals surface area contributed by atoms with E-state index >= 15 is 0 Å². The van der Waals surface area contributed by atoms with Crippen molar-refractivity contribution in [2.45, 2.75) is 25.9 Å². The van der Waals surface area contributed by atoms with Crippen LogP contribution in [0.1, 0.15) is 13.8 Å². The Morgan fingerprint density at radius 3 is 2.20 bits per heavy atom. The molecule has 0 saturated carbocycles. The molecule has 88 valence electrons. The third kappa shape index (κ3) is 4.17. The van der Waals surface area contributed by atoms with Crippen LogP contribution in [0.25, 0.3) is 0 Å². The maximum atomic E-state index is 11.6. The molecule has 1 saturated heterocycles. The van der Waals surface area contributed by atoms with Gasteiger partial charge in [-0.1, -0.05) is 0 Å². The molecular formula is C9H18N2O3S. The second kappa shape index (κ2) is 4.49. The van der Waals surface area contributed by atoms with Crippen molar-refractivity contribution in [3.05, 3.63) is 0 Å². The van der Waals surface area contributed by atoms with Crippen molar-refractivity contribution in [2.24, 2.45) is 0 Å². The lowest BCUT2D eigenvalue weighted by molar-refractivity contribution is -0.130. The molecule has 6 heteroatoms. The first-order valence-electron chi connectivity index (χ1n) is 4.99. The summed E-state index contributed by atoms with van der Waals surface area (Å²) in [5.41, 5.74) is 0. The average molecular weight is 234 g/mol. The van der Waals surface area contributed by atoms with Crippen LogP contribution in [0, 0.1) is 0 Å². The number of hydrogen-bond donors (Lipinski definition) is 1. The molecule has 0 aromatic heterocycles. The summed E-state index contributed by atoms with van der Waals surface area (Å²) in [5, 5.41) is 3.28. The van der Waals surface area contributed by atoms with Gasteiger partial charge >= 0.3 is 0 Å². The predicted molar refractivity (Wildman–Crippen MR) is 58.4 cm³/mol. The first kappa shape index (κ1) is 12.4. The van der Waals surface area contributed by atoms with Crippen LogP contribution in [-0.4, -0.2) is 56.4 Å². The van der Waals surface area contributed by atoms with Gasteiger partial charge in [-0.25, -0.2) is 8.42 Å². The quantitative estimate of drug-likeness (QED) is 0.682. The number of nitrogens with one attached hydrogen (secondary N) is 1. The third-order valence-corrected chi connectivity index (χ3v) is 3.07. The smallest absolute Gasteiger partial charge is 0.237 e. The number of nitrogens with zero attached hydrogens (tertiary/aromatic N) is 1. The number of amides is 1. The van der Waals surface area contributed by atoms with Gasteiger partial charge in [0.1, 0.15) is 5.75 Å². The van der Waals surface area contributed by atoms with Crippen molar-refractivity contribution in [3.63, 3.8) is 0 Å². The van der Waals surface area contributed by atoms with Crippen LogP contribution < -0.4 is 5.32 Å². The molecule has 2 atom stereocenters. The summed E-state index contributed by atoms with van der Waals surface area (Å²) in [6, 6.07) is 0.439. The van der Waals surface area contributed by atoms with Gasteiger partial charge in [-0.2, -0.15) is 0 Å². The molecule has 2 unspecified atom stereocenters. The zero-order valence-electron chi connectivity index (χ0n) is 9.36. The summed E-state index contributed by atoms with van der Waals surface area (Å²) in [7, 11) is -3.22. The van der Waals surface area contributed by atoms with Crippen molar-refractivity contribution < 1.29 is 13.2 Å². The minimum absolute atomic E-state index is 0.220. The van der Waals surface area contributed by atoms with E-state index in [4.69, 9.17) is 0 Å². The molecule has 1 amide bonds. The number of sulfone groups is 1. The maximum Gasteiger partial charge on any atom is 0.237 e. The van der Waals surface area contributed by atoms with Gasteiger partial charge in [0.25, 0.3) is 0 Å². The second-order valence-corrected chi connectivity index (χ2v) is 6.48. The SMILES string of the molecule is CC1CN(C(=O)CS(C)(=O)=O)CC(C)N1. The predicted octanol–water partition coefficient (Wildman–Crippen LogP) is -0.760. The number of rotatable bonds is 2. The molecular weight excluding hydrogens is 216 g/mol. The lowest BCUT2D eigenvalue weighted by atomic mass is 10.1. The molecule has 1 fully saturated rings. The Morgan fingerprint density at radius 1 is 1.33 bits per heavy atom. The Kier molecular flexibility index (Phi) is 3.72. The van der Waals surface area contributed by atoms with Crippen LogP contribution in [-0.2, 0) is 14.6 Å². The first-order valence-corrected chi connectivity index (χ1v) is 7.05. The van der Waals surface area contributed by atoms with Crippen molar-refractivity contribution >= 4 is 15.7 Å². The lowest BCUT2D eigenvalue weighted by Crippen LogP contribution is -2.56. The van der Waals surface area contributed by atoms with Crippen LogP contribution in [0.3, 0.4) is 0 Å². The van der Waals surface area contributed by atoms with Crippen LogP contribution >= 0.6 is 0 Å². The highest BCUT2D eigenvalue weighted by Crippen LogP contribution is 2.05. The van der Waals surface area contributed by atoms with Gasteiger partial charge in [-0.3, -0.25) is 4.79 Å². The molecule has 0 aliphatic carbocycles. The fourth-order valence-corrected chi connectivity index (χ4v) is 2.48. The Balaban J connectivity index is 2.60. The van der Waals surface area contributed by atoms with E-state index < -0.39 is 9.84 Å². The molecule has 0 aromatic rings. The summed E-state index contributed by atoms with van der Waals surface area (Å²) >= 11 is 0. The van der Waals surface area contributed by atoms with E-state index in [-0.39, 0.29) is 23.7 Å². The molecule has 1 aliphatic rings. The van der Waals surface area contributed by atoms with Gasteiger partial charge in [-0.15, -0.1) is 0 Å². The number of piperazine rings is 1. The highest BCUT2D eigenvalue weighted by atomic mass is 32.2. The van der Waals surface area contributed by atoms with Crippen molar-refractivity contribution in [1.82, 2.24) is 10.2 Å². The Hall–Kier alpha value is -0.620. The third-order valence-electron chi connectivity index (χ3n) is 2.30. The molecule has 0 radical (unpaired) electrons. The average Bonchev–Trinajstić information content (AvgIpc) is 1.98. The lowest BCUT2D eigenvalue weighted by Gasteiger charge is -2.36. The van der Waals surface area contributed by atoms with Gasteiger partial charge in [0.15, 0.2) is 9.84 Å². The van der Waals surface area contributed by atoms with E-state index in [1.807, 2.05) is 13.8 Å². The molecule has 5 nitrogen and oxygen atoms in total. The summed E-state index contributed by atoms with van der Waals surface area (Å²) in [5.74, 6) is -0.676. The van der Waals surface area contributed by atoms with Gasteiger partial charge in [0.05, 0.1) is 0 Å². The minimum Gasteiger partial charge on any atom is -0.339 e. The summed E-state index contributed by atoms with van der Waals surface area (Å²) in [4.78, 5) is 13.2. The molecule has 1 rings (SSSR count). The standard InChI is InChI=1S/C9H18N2O3S/c1-7-4-11(5-8(2)10-7)9(12)6-15(3,13)14/h7-8,10H,4-6H2,1-3H3. The van der Waals surface area contributed by atoms with Crippen molar-refractivity contribution in [2.75, 3.05) is 25.1 Å². The van der Waals surface area contributed by atoms with Gasteiger partial charge in [-0.05, 0) is 13.8 Å². The molecule has 0 spiro atoms. The minimum atomic E-state index is -3.22. The first-order chi connectivity index (χ1) is 6.78. The Bertz CT molecular complexity index is 329. The fourth-order valence-electron chi connectivity index (χ4n) is 1.85. The monoisotopic (exact) mass is 234 g/mol. The Labute approximate surface area is 90.7 Å². The molecule has 0 aromatic carbocycles. The van der Waals surface area contributed by atoms with E-state index in [0.29, 0.717) is 13.1 Å². The molecule has 0 bridgehead atoms. The van der Waals surface area contributed by atoms with Crippen LogP contribution in [0.4, 0.5) is 0 Å². The fraction of sp³-hybridized carbons (Fsp3) is 0.889. The van der Waals surface area contributed by atoms with E-state index in [1.165, 1.54) is 0 Å². The van der Waals surface area contributed by atoms with Crippen molar-refractivity contribution in [1.29, 1.82) is 0 Å². The normalized spacial score (nSPS) is 27.8. The summed E-state index contributed by atoms with van der Waals surface area (Å²) in [6.07, 6.45) is 1.08. The molecule has 15 heavy (non-hydrogen) atoms. The molecule has 1 heterocycles. The van der Waals surface area contributed by atoms with Crippen molar-refractivity contribution in [3.8, 4) is 0 Å². The zero-order valence-corrected chi connectivity index (χ0v) is 10.2. The summed E-state index contributed by atoms with van der Waals surface area (Å²) in [6.45, 7) is 5.13. The van der Waals surface area contributed by atoms with Gasteiger partial charge in [0, 0.05) is 31.4 Å². The van der Waals surface area contributed by atoms with Crippen LogP contribution in [0.5, 0.6) is 0 Å². The van der Waals surface area contributed by atoms with Gasteiger partial charge < -0.3 is 10.2 Å². The maximum absolute atomic E-state index is 11.6. The topological polar surface area (TPSA) is 66.5 Å². The van der Waals surface area contributed by atoms with E-state index in [0.717, 1.165) is 6.26 Å². The number of carbonyl (C=O) groups is 1. The highest BCUT2D eigenvalue weighted by Gasteiger charge is 2.26. The van der Waals surface area contributed by atoms with E-state index in [2.05, 4.69) is 5.32 Å². The second-order valence-electron chi connectivity index (χ2n) is 4.34. The molecule has 1 N–H and O–H groups in total. The van der Waals surface area contributed by atoms with Gasteiger partial charge in [0.2, 0.25) is 5.91 Å². The van der Waals surface area contributed by atoms with E-state index in [1.54, 1.807) is 4.90 Å².